The van der Waals surface area contributed by atoms with Gasteiger partial charge in [-0.2, -0.15) is 0 Å². The van der Waals surface area contributed by atoms with E-state index in [1.54, 1.807) is 16.9 Å². The minimum atomic E-state index is -0.315. The van der Waals surface area contributed by atoms with Crippen molar-refractivity contribution in [3.8, 4) is 17.2 Å². The lowest BCUT2D eigenvalue weighted by molar-refractivity contribution is -0.138. The molecular formula is C29H35N3O6. The van der Waals surface area contributed by atoms with Gasteiger partial charge >= 0.3 is 0 Å². The SMILES string of the molecule is COc1ccc2cc1Oc1cccc(c1)CO[C@@H]1CCN(C(=O)CCN3CCCC3=O)C[C@@H]1NC(=O)CC2. The van der Waals surface area contributed by atoms with Crippen molar-refractivity contribution in [3.05, 3.63) is 53.6 Å². The number of rotatable bonds is 4. The fourth-order valence-electron chi connectivity index (χ4n) is 5.35. The number of ether oxygens (including phenoxy) is 3. The van der Waals surface area contributed by atoms with E-state index in [1.807, 2.05) is 42.5 Å². The molecule has 2 saturated heterocycles. The lowest BCUT2D eigenvalue weighted by atomic mass is 10.0. The molecule has 4 bridgehead atoms. The summed E-state index contributed by atoms with van der Waals surface area (Å²) in [6.45, 7) is 2.48. The summed E-state index contributed by atoms with van der Waals surface area (Å²) < 4.78 is 17.9. The molecule has 2 fully saturated rings. The molecule has 9 nitrogen and oxygen atoms in total. The van der Waals surface area contributed by atoms with E-state index in [0.29, 0.717) is 75.6 Å². The Morgan fingerprint density at radius 2 is 1.97 bits per heavy atom. The predicted molar refractivity (Wildman–Crippen MR) is 140 cm³/mol. The van der Waals surface area contributed by atoms with Crippen LogP contribution >= 0.6 is 0 Å². The van der Waals surface area contributed by atoms with E-state index in [4.69, 9.17) is 14.2 Å². The molecule has 1 N–H and O–H groups in total. The third-order valence-electron chi connectivity index (χ3n) is 7.47. The molecule has 2 aromatic carbocycles. The Labute approximate surface area is 223 Å². The molecule has 3 amide bonds. The second kappa shape index (κ2) is 11.9. The quantitative estimate of drug-likeness (QED) is 0.664. The average molecular weight is 522 g/mol. The van der Waals surface area contributed by atoms with Gasteiger partial charge in [-0.25, -0.2) is 0 Å². The number of amides is 3. The number of aryl methyl sites for hydroxylation is 1. The molecule has 0 unspecified atom stereocenters. The third kappa shape index (κ3) is 6.27. The van der Waals surface area contributed by atoms with Crippen molar-refractivity contribution < 1.29 is 28.6 Å². The van der Waals surface area contributed by atoms with Crippen LogP contribution in [0.25, 0.3) is 0 Å². The molecule has 0 aromatic heterocycles. The Balaban J connectivity index is 1.30. The summed E-state index contributed by atoms with van der Waals surface area (Å²) in [7, 11) is 1.60. The van der Waals surface area contributed by atoms with Gasteiger partial charge in [0, 0.05) is 45.4 Å². The van der Waals surface area contributed by atoms with Crippen molar-refractivity contribution in [3.63, 3.8) is 0 Å². The van der Waals surface area contributed by atoms with Gasteiger partial charge in [-0.3, -0.25) is 14.4 Å². The standard InChI is InChI=1S/C29H35N3O6/c1-36-25-9-7-20-8-10-27(33)30-23-18-32(29(35)12-15-31-13-3-6-28(31)34)14-11-24(23)37-19-21-4-2-5-22(16-21)38-26(25)17-20/h2,4-5,7,9,16-17,23-24H,3,6,8,10-15,18-19H2,1H3,(H,30,33)/t23-,24+/m0/s1. The highest BCUT2D eigenvalue weighted by molar-refractivity contribution is 5.80. The number of carbonyl (C=O) groups is 3. The Morgan fingerprint density at radius 1 is 1.08 bits per heavy atom. The van der Waals surface area contributed by atoms with E-state index >= 15 is 0 Å². The molecule has 3 heterocycles. The lowest BCUT2D eigenvalue weighted by Gasteiger charge is -2.39. The van der Waals surface area contributed by atoms with E-state index in [0.717, 1.165) is 24.1 Å². The van der Waals surface area contributed by atoms with Crippen molar-refractivity contribution in [2.24, 2.45) is 0 Å². The molecular weight excluding hydrogens is 486 g/mol. The Morgan fingerprint density at radius 3 is 2.79 bits per heavy atom. The number of benzene rings is 2. The molecule has 9 heteroatoms. The summed E-state index contributed by atoms with van der Waals surface area (Å²) in [5.41, 5.74) is 1.91. The number of carbonyl (C=O) groups excluding carboxylic acids is 3. The highest BCUT2D eigenvalue weighted by Gasteiger charge is 2.33. The maximum atomic E-state index is 13.0. The van der Waals surface area contributed by atoms with Crippen LogP contribution in [0.5, 0.6) is 17.2 Å². The minimum Gasteiger partial charge on any atom is -0.493 e. The molecule has 0 radical (unpaired) electrons. The smallest absolute Gasteiger partial charge is 0.224 e. The van der Waals surface area contributed by atoms with E-state index in [1.165, 1.54) is 0 Å². The normalized spacial score (nSPS) is 22.0. The van der Waals surface area contributed by atoms with Gasteiger partial charge in [-0.1, -0.05) is 18.2 Å². The van der Waals surface area contributed by atoms with Crippen LogP contribution in [0, 0.1) is 0 Å². The molecule has 0 aliphatic carbocycles. The van der Waals surface area contributed by atoms with Crippen molar-refractivity contribution in [1.29, 1.82) is 0 Å². The van der Waals surface area contributed by atoms with E-state index in [9.17, 15) is 14.4 Å². The van der Waals surface area contributed by atoms with Gasteiger partial charge in [-0.15, -0.1) is 0 Å². The van der Waals surface area contributed by atoms with E-state index in [2.05, 4.69) is 5.32 Å². The molecule has 3 aliphatic rings. The van der Waals surface area contributed by atoms with Crippen LogP contribution in [-0.2, 0) is 32.1 Å². The monoisotopic (exact) mass is 521 g/mol. The van der Waals surface area contributed by atoms with Crippen LogP contribution in [0.3, 0.4) is 0 Å². The highest BCUT2D eigenvalue weighted by Crippen LogP contribution is 2.33. The molecule has 202 valence electrons. The van der Waals surface area contributed by atoms with Gasteiger partial charge < -0.3 is 29.3 Å². The summed E-state index contributed by atoms with van der Waals surface area (Å²) in [6.07, 6.45) is 2.95. The Hall–Kier alpha value is -3.59. The number of likely N-dealkylation sites (tertiary alicyclic amines) is 2. The molecule has 5 rings (SSSR count). The molecule has 3 aliphatic heterocycles. The minimum absolute atomic E-state index is 0.00361. The highest BCUT2D eigenvalue weighted by atomic mass is 16.5. The zero-order chi connectivity index (χ0) is 26.5. The number of methoxy groups -OCH3 is 1. The van der Waals surface area contributed by atoms with Gasteiger partial charge in [0.25, 0.3) is 0 Å². The third-order valence-corrected chi connectivity index (χ3v) is 7.47. The zero-order valence-corrected chi connectivity index (χ0v) is 21.8. The number of hydrogen-bond acceptors (Lipinski definition) is 6. The summed E-state index contributed by atoms with van der Waals surface area (Å²) >= 11 is 0. The van der Waals surface area contributed by atoms with Crippen LogP contribution in [0.4, 0.5) is 0 Å². The summed E-state index contributed by atoms with van der Waals surface area (Å²) in [6, 6.07) is 13.1. The fraction of sp³-hybridized carbons (Fsp3) is 0.483. The summed E-state index contributed by atoms with van der Waals surface area (Å²) in [5.74, 6) is 1.93. The van der Waals surface area contributed by atoms with Crippen LogP contribution < -0.4 is 14.8 Å². The van der Waals surface area contributed by atoms with Crippen LogP contribution in [0.15, 0.2) is 42.5 Å². The van der Waals surface area contributed by atoms with Gasteiger partial charge in [0.1, 0.15) is 5.75 Å². The number of piperidine rings is 1. The fourth-order valence-corrected chi connectivity index (χ4v) is 5.35. The van der Waals surface area contributed by atoms with Crippen LogP contribution in [0.1, 0.15) is 43.2 Å². The van der Waals surface area contributed by atoms with E-state index in [-0.39, 0.29) is 29.9 Å². The number of hydrogen-bond donors (Lipinski definition) is 1. The zero-order valence-electron chi connectivity index (χ0n) is 21.8. The van der Waals surface area contributed by atoms with Crippen molar-refractivity contribution >= 4 is 17.7 Å². The average Bonchev–Trinajstić information content (AvgIpc) is 3.34. The Kier molecular flexibility index (Phi) is 8.12. The second-order valence-corrected chi connectivity index (χ2v) is 10.1. The van der Waals surface area contributed by atoms with Crippen LogP contribution in [0.2, 0.25) is 0 Å². The first-order valence-electron chi connectivity index (χ1n) is 13.4. The lowest BCUT2D eigenvalue weighted by Crippen LogP contribution is -2.57. The van der Waals surface area contributed by atoms with Gasteiger partial charge in [0.2, 0.25) is 17.7 Å². The first kappa shape index (κ1) is 26.0. The van der Waals surface area contributed by atoms with Crippen molar-refractivity contribution in [2.45, 2.75) is 57.3 Å². The Bertz CT molecular complexity index is 1180. The number of fused-ring (bicyclic) bond motifs is 5. The topological polar surface area (TPSA) is 97.4 Å². The molecule has 2 atom stereocenters. The predicted octanol–water partition coefficient (Wildman–Crippen LogP) is 3.05. The van der Waals surface area contributed by atoms with Crippen molar-refractivity contribution in [1.82, 2.24) is 15.1 Å². The molecule has 0 saturated carbocycles. The second-order valence-electron chi connectivity index (χ2n) is 10.1. The number of nitrogens with one attached hydrogen (secondary N) is 1. The summed E-state index contributed by atoms with van der Waals surface area (Å²) in [5, 5.41) is 3.14. The summed E-state index contributed by atoms with van der Waals surface area (Å²) in [4.78, 5) is 41.5. The number of nitrogens with zero attached hydrogens (tertiary/aromatic N) is 2. The first-order valence-corrected chi connectivity index (χ1v) is 13.4. The molecule has 2 aromatic rings. The van der Waals surface area contributed by atoms with E-state index < -0.39 is 0 Å². The maximum absolute atomic E-state index is 13.0. The first-order chi connectivity index (χ1) is 18.5. The van der Waals surface area contributed by atoms with Crippen molar-refractivity contribution in [2.75, 3.05) is 33.3 Å². The maximum Gasteiger partial charge on any atom is 0.224 e. The molecule has 38 heavy (non-hydrogen) atoms. The largest absolute Gasteiger partial charge is 0.493 e. The van der Waals surface area contributed by atoms with Gasteiger partial charge in [0.15, 0.2) is 11.5 Å². The molecule has 0 spiro atoms. The van der Waals surface area contributed by atoms with Crippen LogP contribution in [-0.4, -0.2) is 73.0 Å². The van der Waals surface area contributed by atoms with Gasteiger partial charge in [-0.05, 0) is 54.7 Å². The van der Waals surface area contributed by atoms with Gasteiger partial charge in [0.05, 0.1) is 25.9 Å².